The molecular formula is C14H15NO3. The van der Waals surface area contributed by atoms with Gasteiger partial charge in [-0.3, -0.25) is 0 Å². The van der Waals surface area contributed by atoms with Crippen LogP contribution in [0.2, 0.25) is 0 Å². The fraction of sp³-hybridized carbons (Fsp3) is 0.0714. The molecule has 0 aliphatic carbocycles. The van der Waals surface area contributed by atoms with Crippen LogP contribution >= 0.6 is 0 Å². The number of aliphatic hydroxyl groups is 1. The fourth-order valence-corrected chi connectivity index (χ4v) is 1.33. The highest BCUT2D eigenvalue weighted by molar-refractivity contribution is 5.96. The molecule has 0 aromatic heterocycles. The Hall–Kier alpha value is -2.33. The number of nitrogen functional groups attached to an aromatic ring is 1. The van der Waals surface area contributed by atoms with Gasteiger partial charge in [-0.05, 0) is 24.3 Å². The van der Waals surface area contributed by atoms with Crippen molar-refractivity contribution in [2.45, 2.75) is 0 Å². The minimum absolute atomic E-state index is 0.381. The fourth-order valence-electron chi connectivity index (χ4n) is 1.33. The molecular weight excluding hydrogens is 230 g/mol. The van der Waals surface area contributed by atoms with Crippen LogP contribution in [0.25, 0.3) is 0 Å². The Balaban J connectivity index is 0.000000771. The quantitative estimate of drug-likeness (QED) is 0.483. The number of anilines is 1. The Morgan fingerprint density at radius 2 is 1.56 bits per heavy atom. The van der Waals surface area contributed by atoms with Crippen molar-refractivity contribution in [3.05, 3.63) is 60.2 Å². The predicted molar refractivity (Wildman–Crippen MR) is 70.4 cm³/mol. The van der Waals surface area contributed by atoms with Crippen LogP contribution in [0, 0.1) is 0 Å². The molecule has 2 aromatic carbocycles. The summed E-state index contributed by atoms with van der Waals surface area (Å²) in [6.07, 6.45) is 0. The number of rotatable bonds is 2. The van der Waals surface area contributed by atoms with Crippen LogP contribution in [0.3, 0.4) is 0 Å². The summed E-state index contributed by atoms with van der Waals surface area (Å²) in [6, 6.07) is 15.7. The Bertz CT molecular complexity index is 497. The highest BCUT2D eigenvalue weighted by atomic mass is 16.5. The average molecular weight is 245 g/mol. The Morgan fingerprint density at radius 1 is 1.00 bits per heavy atom. The van der Waals surface area contributed by atoms with Crippen LogP contribution in [-0.2, 0) is 0 Å². The van der Waals surface area contributed by atoms with Crippen molar-refractivity contribution in [2.75, 3.05) is 12.8 Å². The molecule has 0 heterocycles. The van der Waals surface area contributed by atoms with Crippen molar-refractivity contribution in [3.8, 4) is 5.75 Å². The van der Waals surface area contributed by atoms with Gasteiger partial charge < -0.3 is 15.6 Å². The van der Waals surface area contributed by atoms with Crippen LogP contribution in [-0.4, -0.2) is 18.2 Å². The number of hydrogen-bond donors (Lipinski definition) is 2. The van der Waals surface area contributed by atoms with E-state index in [-0.39, 0.29) is 0 Å². The summed E-state index contributed by atoms with van der Waals surface area (Å²) in [5, 5.41) is 7.00. The first-order chi connectivity index (χ1) is 8.77. The molecule has 94 valence electrons. The van der Waals surface area contributed by atoms with E-state index in [1.807, 2.05) is 6.07 Å². The van der Waals surface area contributed by atoms with Gasteiger partial charge in [0.1, 0.15) is 5.75 Å². The van der Waals surface area contributed by atoms with Gasteiger partial charge in [0, 0.05) is 12.8 Å². The van der Waals surface area contributed by atoms with E-state index in [0.29, 0.717) is 17.0 Å². The molecule has 0 bridgehead atoms. The minimum atomic E-state index is -0.440. The molecule has 0 atom stereocenters. The van der Waals surface area contributed by atoms with Gasteiger partial charge in [-0.1, -0.05) is 30.3 Å². The molecule has 4 heteroatoms. The van der Waals surface area contributed by atoms with E-state index in [9.17, 15) is 4.79 Å². The second-order valence-corrected chi connectivity index (χ2v) is 3.29. The molecule has 2 rings (SSSR count). The maximum Gasteiger partial charge on any atom is 0.345 e. The number of nitrogens with two attached hydrogens (primary N) is 1. The summed E-state index contributed by atoms with van der Waals surface area (Å²) in [7, 11) is 1.00. The zero-order valence-corrected chi connectivity index (χ0v) is 10.0. The van der Waals surface area contributed by atoms with Crippen molar-refractivity contribution in [1.29, 1.82) is 0 Å². The molecule has 0 aliphatic rings. The molecule has 0 amide bonds. The Kier molecular flexibility index (Phi) is 5.41. The van der Waals surface area contributed by atoms with Gasteiger partial charge in [0.15, 0.2) is 0 Å². The third kappa shape index (κ3) is 3.61. The highest BCUT2D eigenvalue weighted by Gasteiger charge is 2.10. The molecule has 0 unspecified atom stereocenters. The van der Waals surface area contributed by atoms with E-state index in [4.69, 9.17) is 15.6 Å². The normalized spacial score (nSPS) is 9.00. The third-order valence-electron chi connectivity index (χ3n) is 2.13. The lowest BCUT2D eigenvalue weighted by Crippen LogP contribution is -2.10. The second kappa shape index (κ2) is 7.09. The van der Waals surface area contributed by atoms with Crippen LogP contribution in [0.5, 0.6) is 5.75 Å². The molecule has 0 radical (unpaired) electrons. The molecule has 0 fully saturated rings. The van der Waals surface area contributed by atoms with Gasteiger partial charge in [-0.25, -0.2) is 4.79 Å². The largest absolute Gasteiger partial charge is 0.423 e. The predicted octanol–water partition coefficient (Wildman–Crippen LogP) is 2.10. The molecule has 0 saturated carbocycles. The average Bonchev–Trinajstić information content (AvgIpc) is 2.42. The lowest BCUT2D eigenvalue weighted by atomic mass is 10.2. The number of aliphatic hydroxyl groups excluding tert-OH is 1. The van der Waals surface area contributed by atoms with Crippen molar-refractivity contribution < 1.29 is 14.6 Å². The molecule has 0 aliphatic heterocycles. The van der Waals surface area contributed by atoms with E-state index < -0.39 is 5.97 Å². The number of benzene rings is 2. The number of para-hydroxylation sites is 2. The number of hydrogen-bond acceptors (Lipinski definition) is 4. The number of carbonyl (C=O) groups is 1. The third-order valence-corrected chi connectivity index (χ3v) is 2.13. The maximum atomic E-state index is 11.7. The zero-order chi connectivity index (χ0) is 13.4. The van der Waals surface area contributed by atoms with Gasteiger partial charge in [0.05, 0.1) is 5.56 Å². The summed E-state index contributed by atoms with van der Waals surface area (Å²) >= 11 is 0. The summed E-state index contributed by atoms with van der Waals surface area (Å²) in [5.41, 5.74) is 6.48. The lowest BCUT2D eigenvalue weighted by Gasteiger charge is -2.05. The zero-order valence-electron chi connectivity index (χ0n) is 10.0. The summed E-state index contributed by atoms with van der Waals surface area (Å²) in [5.74, 6) is 0.0695. The number of esters is 1. The Morgan fingerprint density at radius 3 is 2.17 bits per heavy atom. The SMILES string of the molecule is CO.Nc1ccccc1C(=O)Oc1ccccc1. The highest BCUT2D eigenvalue weighted by Crippen LogP contribution is 2.15. The van der Waals surface area contributed by atoms with E-state index in [0.717, 1.165) is 7.11 Å². The van der Waals surface area contributed by atoms with Gasteiger partial charge >= 0.3 is 5.97 Å². The van der Waals surface area contributed by atoms with Crippen LogP contribution < -0.4 is 10.5 Å². The van der Waals surface area contributed by atoms with Crippen LogP contribution in [0.4, 0.5) is 5.69 Å². The molecule has 3 N–H and O–H groups in total. The molecule has 0 spiro atoms. The van der Waals surface area contributed by atoms with Crippen molar-refractivity contribution in [3.63, 3.8) is 0 Å². The molecule has 2 aromatic rings. The topological polar surface area (TPSA) is 72.5 Å². The maximum absolute atomic E-state index is 11.7. The number of ether oxygens (including phenoxy) is 1. The van der Waals surface area contributed by atoms with Gasteiger partial charge in [0.25, 0.3) is 0 Å². The monoisotopic (exact) mass is 245 g/mol. The minimum Gasteiger partial charge on any atom is -0.423 e. The van der Waals surface area contributed by atoms with Gasteiger partial charge in [-0.2, -0.15) is 0 Å². The van der Waals surface area contributed by atoms with E-state index in [2.05, 4.69) is 0 Å². The first kappa shape index (κ1) is 13.7. The van der Waals surface area contributed by atoms with Crippen molar-refractivity contribution in [1.82, 2.24) is 0 Å². The lowest BCUT2D eigenvalue weighted by molar-refractivity contribution is 0.0736. The van der Waals surface area contributed by atoms with Crippen molar-refractivity contribution in [2.24, 2.45) is 0 Å². The van der Waals surface area contributed by atoms with Crippen molar-refractivity contribution >= 4 is 11.7 Å². The van der Waals surface area contributed by atoms with E-state index >= 15 is 0 Å². The first-order valence-electron chi connectivity index (χ1n) is 5.34. The van der Waals surface area contributed by atoms with Crippen LogP contribution in [0.1, 0.15) is 10.4 Å². The van der Waals surface area contributed by atoms with Crippen LogP contribution in [0.15, 0.2) is 54.6 Å². The second-order valence-electron chi connectivity index (χ2n) is 3.29. The standard InChI is InChI=1S/C13H11NO2.CH4O/c14-12-9-5-4-8-11(12)13(15)16-10-6-2-1-3-7-10;1-2/h1-9H,14H2;2H,1H3. The molecule has 4 nitrogen and oxygen atoms in total. The summed E-state index contributed by atoms with van der Waals surface area (Å²) < 4.78 is 5.16. The summed E-state index contributed by atoms with van der Waals surface area (Å²) in [4.78, 5) is 11.7. The van der Waals surface area contributed by atoms with E-state index in [1.165, 1.54) is 0 Å². The smallest absolute Gasteiger partial charge is 0.345 e. The number of carbonyl (C=O) groups excluding carboxylic acids is 1. The van der Waals surface area contributed by atoms with E-state index in [1.54, 1.807) is 48.5 Å². The molecule has 18 heavy (non-hydrogen) atoms. The molecule has 0 saturated heterocycles. The van der Waals surface area contributed by atoms with Gasteiger partial charge in [-0.15, -0.1) is 0 Å². The Labute approximate surface area is 106 Å². The summed E-state index contributed by atoms with van der Waals surface area (Å²) in [6.45, 7) is 0. The van der Waals surface area contributed by atoms with Gasteiger partial charge in [0.2, 0.25) is 0 Å². The first-order valence-corrected chi connectivity index (χ1v) is 5.34.